The van der Waals surface area contributed by atoms with Crippen molar-refractivity contribution in [3.8, 4) is 0 Å². The first kappa shape index (κ1) is 20.9. The molecule has 1 spiro atoms. The van der Waals surface area contributed by atoms with Gasteiger partial charge < -0.3 is 5.32 Å². The normalized spacial score (nSPS) is 23.4. The lowest BCUT2D eigenvalue weighted by Crippen LogP contribution is -2.45. The van der Waals surface area contributed by atoms with Crippen molar-refractivity contribution in [1.29, 1.82) is 0 Å². The first-order valence-corrected chi connectivity index (χ1v) is 10.9. The van der Waals surface area contributed by atoms with E-state index in [1.54, 1.807) is 5.48 Å². The summed E-state index contributed by atoms with van der Waals surface area (Å²) in [7, 11) is 0. The number of carbonyl (C=O) groups excluding carboxylic acids is 3. The summed E-state index contributed by atoms with van der Waals surface area (Å²) >= 11 is 1.35. The minimum atomic E-state index is -1.11. The summed E-state index contributed by atoms with van der Waals surface area (Å²) < 4.78 is 0. The third-order valence-electron chi connectivity index (χ3n) is 6.30. The zero-order valence-electron chi connectivity index (χ0n) is 16.5. The van der Waals surface area contributed by atoms with Crippen LogP contribution in [0.1, 0.15) is 70.4 Å². The molecule has 2 saturated carbocycles. The number of hydrogen-bond donors (Lipinski definition) is 3. The summed E-state index contributed by atoms with van der Waals surface area (Å²) in [5.41, 5.74) is 1.46. The molecular weight excluding hydrogens is 378 g/mol. The number of Topliss-reactive ketones (excluding diaryl/α,β-unsaturated/α-hetero) is 1. The highest BCUT2D eigenvalue weighted by molar-refractivity contribution is 7.13. The second-order valence-corrected chi connectivity index (χ2v) is 9.31. The number of unbranched alkanes of at least 4 members (excludes halogenated alkanes) is 1. The smallest absolute Gasteiger partial charge is 0.244 e. The SMILES string of the molecule is CCCCC(CC(=O)NO)C(=O)C1(C(=O)Nc2nc(C)cs2)CCC2(CC2)C1. The highest BCUT2D eigenvalue weighted by Gasteiger charge is 2.61. The number of hydrogen-bond acceptors (Lipinski definition) is 6. The standard InChI is InChI=1S/C20H29N3O4S/c1-3-4-5-14(10-15(24)23-27)16(25)20(9-8-19(12-20)6-7-19)17(26)22-18-21-13(2)11-28-18/h11,14,27H,3-10,12H2,1-2H3,(H,23,24)(H,21,22,26). The van der Waals surface area contributed by atoms with Gasteiger partial charge in [-0.25, -0.2) is 10.5 Å². The Balaban J connectivity index is 1.85. The molecule has 7 nitrogen and oxygen atoms in total. The van der Waals surface area contributed by atoms with Crippen LogP contribution in [-0.2, 0) is 14.4 Å². The van der Waals surface area contributed by atoms with Crippen LogP contribution in [0.25, 0.3) is 0 Å². The molecule has 28 heavy (non-hydrogen) atoms. The van der Waals surface area contributed by atoms with E-state index in [4.69, 9.17) is 5.21 Å². The molecule has 1 heterocycles. The summed E-state index contributed by atoms with van der Waals surface area (Å²) in [6, 6.07) is 0. The van der Waals surface area contributed by atoms with Crippen LogP contribution in [0, 0.1) is 23.7 Å². The zero-order chi connectivity index (χ0) is 20.4. The maximum Gasteiger partial charge on any atom is 0.244 e. The fraction of sp³-hybridized carbons (Fsp3) is 0.700. The number of anilines is 1. The maximum atomic E-state index is 13.6. The molecule has 0 aromatic carbocycles. The van der Waals surface area contributed by atoms with Gasteiger partial charge in [-0.05, 0) is 50.9 Å². The molecule has 2 atom stereocenters. The van der Waals surface area contributed by atoms with E-state index in [-0.39, 0.29) is 23.5 Å². The third-order valence-corrected chi connectivity index (χ3v) is 7.17. The van der Waals surface area contributed by atoms with Gasteiger partial charge in [0.2, 0.25) is 11.8 Å². The molecule has 2 amide bonds. The maximum absolute atomic E-state index is 13.6. The van der Waals surface area contributed by atoms with Gasteiger partial charge in [0.05, 0.1) is 5.69 Å². The monoisotopic (exact) mass is 407 g/mol. The minimum absolute atomic E-state index is 0.0896. The first-order valence-electron chi connectivity index (χ1n) is 10.0. The van der Waals surface area contributed by atoms with Crippen molar-refractivity contribution in [3.05, 3.63) is 11.1 Å². The van der Waals surface area contributed by atoms with Crippen molar-refractivity contribution in [3.63, 3.8) is 0 Å². The van der Waals surface area contributed by atoms with Gasteiger partial charge >= 0.3 is 0 Å². The molecule has 3 rings (SSSR count). The molecule has 2 aliphatic carbocycles. The van der Waals surface area contributed by atoms with Crippen molar-refractivity contribution >= 4 is 34.1 Å². The van der Waals surface area contributed by atoms with Crippen LogP contribution < -0.4 is 10.8 Å². The average molecular weight is 408 g/mol. The van der Waals surface area contributed by atoms with Crippen molar-refractivity contribution in [2.24, 2.45) is 16.7 Å². The van der Waals surface area contributed by atoms with Gasteiger partial charge in [-0.1, -0.05) is 19.8 Å². The van der Waals surface area contributed by atoms with Gasteiger partial charge in [0.1, 0.15) is 5.41 Å². The summed E-state index contributed by atoms with van der Waals surface area (Å²) in [5.74, 6) is -1.59. The van der Waals surface area contributed by atoms with Gasteiger partial charge in [-0.2, -0.15) is 0 Å². The Hall–Kier alpha value is -1.80. The molecule has 3 N–H and O–H groups in total. The second kappa shape index (κ2) is 8.29. The van der Waals surface area contributed by atoms with Crippen molar-refractivity contribution < 1.29 is 19.6 Å². The van der Waals surface area contributed by atoms with Gasteiger partial charge in [0.25, 0.3) is 0 Å². The molecule has 2 unspecified atom stereocenters. The predicted octanol–water partition coefficient (Wildman–Crippen LogP) is 3.61. The minimum Gasteiger partial charge on any atom is -0.301 e. The van der Waals surface area contributed by atoms with Crippen molar-refractivity contribution in [2.75, 3.05) is 5.32 Å². The number of amides is 2. The van der Waals surface area contributed by atoms with Crippen LogP contribution in [0.15, 0.2) is 5.38 Å². The Bertz CT molecular complexity index is 758. The second-order valence-electron chi connectivity index (χ2n) is 8.45. The van der Waals surface area contributed by atoms with E-state index < -0.39 is 17.2 Å². The van der Waals surface area contributed by atoms with Gasteiger partial charge in [-0.15, -0.1) is 11.3 Å². The molecule has 0 saturated heterocycles. The number of hydroxylamine groups is 1. The van der Waals surface area contributed by atoms with Crippen molar-refractivity contribution in [1.82, 2.24) is 10.5 Å². The number of aromatic nitrogens is 1. The Kier molecular flexibility index (Phi) is 6.19. The molecular formula is C20H29N3O4S. The molecule has 2 aliphatic rings. The Morgan fingerprint density at radius 1 is 1.29 bits per heavy atom. The van der Waals surface area contributed by atoms with Crippen LogP contribution in [0.3, 0.4) is 0 Å². The Morgan fingerprint density at radius 2 is 2.00 bits per heavy atom. The van der Waals surface area contributed by atoms with E-state index in [1.807, 2.05) is 19.2 Å². The van der Waals surface area contributed by atoms with E-state index >= 15 is 0 Å². The summed E-state index contributed by atoms with van der Waals surface area (Å²) in [6.45, 7) is 3.88. The first-order chi connectivity index (χ1) is 13.3. The summed E-state index contributed by atoms with van der Waals surface area (Å²) in [5, 5.41) is 14.2. The van der Waals surface area contributed by atoms with Crippen LogP contribution in [0.2, 0.25) is 0 Å². The molecule has 154 valence electrons. The highest BCUT2D eigenvalue weighted by atomic mass is 32.1. The molecule has 0 bridgehead atoms. The van der Waals surface area contributed by atoms with E-state index in [9.17, 15) is 14.4 Å². The molecule has 0 radical (unpaired) electrons. The van der Waals surface area contributed by atoms with Crippen LogP contribution in [0.4, 0.5) is 5.13 Å². The van der Waals surface area contributed by atoms with Gasteiger partial charge in [0, 0.05) is 17.7 Å². The number of nitrogens with one attached hydrogen (secondary N) is 2. The molecule has 8 heteroatoms. The fourth-order valence-electron chi connectivity index (χ4n) is 4.48. The van der Waals surface area contributed by atoms with Crippen LogP contribution in [-0.4, -0.2) is 27.8 Å². The van der Waals surface area contributed by atoms with E-state index in [0.29, 0.717) is 24.4 Å². The quantitative estimate of drug-likeness (QED) is 0.329. The summed E-state index contributed by atoms with van der Waals surface area (Å²) in [4.78, 5) is 43.0. The molecule has 1 aromatic heterocycles. The lowest BCUT2D eigenvalue weighted by molar-refractivity contribution is -0.144. The van der Waals surface area contributed by atoms with Gasteiger partial charge in [-0.3, -0.25) is 19.6 Å². The number of nitrogens with zero attached hydrogens (tertiary/aromatic N) is 1. The molecule has 0 aliphatic heterocycles. The van der Waals surface area contributed by atoms with E-state index in [2.05, 4.69) is 10.3 Å². The number of thiazole rings is 1. The van der Waals surface area contributed by atoms with E-state index in [0.717, 1.165) is 37.8 Å². The predicted molar refractivity (Wildman–Crippen MR) is 106 cm³/mol. The van der Waals surface area contributed by atoms with Crippen LogP contribution in [0.5, 0.6) is 0 Å². The lowest BCUT2D eigenvalue weighted by atomic mass is 9.72. The number of carbonyl (C=O) groups is 3. The van der Waals surface area contributed by atoms with Gasteiger partial charge in [0.15, 0.2) is 10.9 Å². The fourth-order valence-corrected chi connectivity index (χ4v) is 5.16. The number of aryl methyl sites for hydroxylation is 1. The lowest BCUT2D eigenvalue weighted by Gasteiger charge is -2.30. The van der Waals surface area contributed by atoms with Crippen molar-refractivity contribution in [2.45, 2.75) is 71.6 Å². The largest absolute Gasteiger partial charge is 0.301 e. The molecule has 1 aromatic rings. The average Bonchev–Trinajstić information content (AvgIpc) is 3.13. The highest BCUT2D eigenvalue weighted by Crippen LogP contribution is 2.64. The van der Waals surface area contributed by atoms with Crippen LogP contribution >= 0.6 is 11.3 Å². The third kappa shape index (κ3) is 4.27. The molecule has 2 fully saturated rings. The topological polar surface area (TPSA) is 108 Å². The number of ketones is 1. The van der Waals surface area contributed by atoms with E-state index in [1.165, 1.54) is 11.3 Å². The number of rotatable bonds is 9. The summed E-state index contributed by atoms with van der Waals surface area (Å²) in [6.07, 6.45) is 6.20. The Morgan fingerprint density at radius 3 is 2.54 bits per heavy atom. The zero-order valence-corrected chi connectivity index (χ0v) is 17.4. The Labute approximate surface area is 169 Å².